The van der Waals surface area contributed by atoms with Gasteiger partial charge >= 0.3 is 0 Å². The van der Waals surface area contributed by atoms with E-state index in [1.807, 2.05) is 0 Å². The number of hydrogen-bond donors (Lipinski definition) is 1. The molecule has 1 aliphatic carbocycles. The molecule has 0 bridgehead atoms. The van der Waals surface area contributed by atoms with E-state index >= 15 is 0 Å². The van der Waals surface area contributed by atoms with Crippen LogP contribution in [-0.2, 0) is 0 Å². The lowest BCUT2D eigenvalue weighted by molar-refractivity contribution is 0.0952. The normalized spacial score (nSPS) is 14.2. The van der Waals surface area contributed by atoms with E-state index in [0.29, 0.717) is 22.5 Å². The van der Waals surface area contributed by atoms with Crippen LogP contribution < -0.4 is 5.32 Å². The Labute approximate surface area is 125 Å². The fourth-order valence-corrected chi connectivity index (χ4v) is 2.42. The van der Waals surface area contributed by atoms with Crippen LogP contribution in [0.4, 0.5) is 4.39 Å². The lowest BCUT2D eigenvalue weighted by Gasteiger charge is -2.06. The van der Waals surface area contributed by atoms with E-state index in [-0.39, 0.29) is 17.8 Å². The van der Waals surface area contributed by atoms with Crippen LogP contribution in [0, 0.1) is 5.82 Å². The predicted molar refractivity (Wildman–Crippen MR) is 78.9 cm³/mol. The van der Waals surface area contributed by atoms with Gasteiger partial charge in [-0.15, -0.1) is 0 Å². The molecule has 1 fully saturated rings. The standard InChI is InChI=1S/C16H13FN4O/c17-13-4-2-1-3-11(13)14-7-8-18-15-12(9-19-21(14)15)16(22)20-10-5-6-10/h1-4,7-10H,5-6H2,(H,20,22). The van der Waals surface area contributed by atoms with Crippen molar-refractivity contribution in [3.8, 4) is 11.3 Å². The van der Waals surface area contributed by atoms with E-state index < -0.39 is 0 Å². The molecule has 6 heteroatoms. The molecule has 0 radical (unpaired) electrons. The summed E-state index contributed by atoms with van der Waals surface area (Å²) in [4.78, 5) is 16.4. The highest BCUT2D eigenvalue weighted by atomic mass is 19.1. The van der Waals surface area contributed by atoms with Crippen molar-refractivity contribution in [1.82, 2.24) is 19.9 Å². The van der Waals surface area contributed by atoms with Gasteiger partial charge in [-0.1, -0.05) is 12.1 Å². The quantitative estimate of drug-likeness (QED) is 0.807. The number of rotatable bonds is 3. The average Bonchev–Trinajstić information content (AvgIpc) is 3.23. The molecule has 1 saturated carbocycles. The van der Waals surface area contributed by atoms with Crippen molar-refractivity contribution in [3.05, 3.63) is 54.1 Å². The van der Waals surface area contributed by atoms with Crippen LogP contribution in [0.15, 0.2) is 42.7 Å². The molecule has 1 N–H and O–H groups in total. The van der Waals surface area contributed by atoms with Crippen LogP contribution in [0.3, 0.4) is 0 Å². The molecule has 22 heavy (non-hydrogen) atoms. The maximum atomic E-state index is 14.0. The Bertz CT molecular complexity index is 869. The molecule has 1 aromatic carbocycles. The monoisotopic (exact) mass is 296 g/mol. The number of carbonyl (C=O) groups excluding carboxylic acids is 1. The number of benzene rings is 1. The summed E-state index contributed by atoms with van der Waals surface area (Å²) in [6.07, 6.45) is 5.06. The minimum atomic E-state index is -0.338. The molecule has 1 aliphatic rings. The molecular formula is C16H13FN4O. The molecule has 4 rings (SSSR count). The van der Waals surface area contributed by atoms with Gasteiger partial charge in [-0.05, 0) is 31.0 Å². The van der Waals surface area contributed by atoms with Crippen molar-refractivity contribution in [2.24, 2.45) is 0 Å². The average molecular weight is 296 g/mol. The molecule has 0 unspecified atom stereocenters. The van der Waals surface area contributed by atoms with Crippen LogP contribution in [0.25, 0.3) is 16.9 Å². The van der Waals surface area contributed by atoms with E-state index in [2.05, 4.69) is 15.4 Å². The zero-order valence-corrected chi connectivity index (χ0v) is 11.7. The first-order chi connectivity index (χ1) is 10.7. The molecule has 2 heterocycles. The zero-order chi connectivity index (χ0) is 15.1. The number of nitrogens with zero attached hydrogens (tertiary/aromatic N) is 3. The van der Waals surface area contributed by atoms with Gasteiger partial charge in [0.25, 0.3) is 5.91 Å². The fourth-order valence-electron chi connectivity index (χ4n) is 2.42. The van der Waals surface area contributed by atoms with E-state index in [9.17, 15) is 9.18 Å². The first kappa shape index (κ1) is 12.9. The number of hydrogen-bond acceptors (Lipinski definition) is 3. The number of nitrogens with one attached hydrogen (secondary N) is 1. The number of halogens is 1. The Kier molecular flexibility index (Phi) is 2.89. The third-order valence-corrected chi connectivity index (χ3v) is 3.71. The molecule has 0 aliphatic heterocycles. The topological polar surface area (TPSA) is 59.3 Å². The van der Waals surface area contributed by atoms with Gasteiger partial charge in [0, 0.05) is 17.8 Å². The minimum Gasteiger partial charge on any atom is -0.349 e. The van der Waals surface area contributed by atoms with Gasteiger partial charge in [-0.25, -0.2) is 13.9 Å². The zero-order valence-electron chi connectivity index (χ0n) is 11.7. The predicted octanol–water partition coefficient (Wildman–Crippen LogP) is 2.43. The fraction of sp³-hybridized carbons (Fsp3) is 0.188. The highest BCUT2D eigenvalue weighted by molar-refractivity contribution is 6.00. The summed E-state index contributed by atoms with van der Waals surface area (Å²) in [6.45, 7) is 0. The molecule has 0 atom stereocenters. The van der Waals surface area contributed by atoms with Crippen molar-refractivity contribution in [2.45, 2.75) is 18.9 Å². The van der Waals surface area contributed by atoms with Crippen LogP contribution in [-0.4, -0.2) is 26.5 Å². The van der Waals surface area contributed by atoms with Gasteiger partial charge in [0.15, 0.2) is 5.65 Å². The first-order valence-electron chi connectivity index (χ1n) is 7.12. The summed E-state index contributed by atoms with van der Waals surface area (Å²) in [5.74, 6) is -0.523. The van der Waals surface area contributed by atoms with Gasteiger partial charge in [0.1, 0.15) is 11.4 Å². The maximum absolute atomic E-state index is 14.0. The van der Waals surface area contributed by atoms with Crippen molar-refractivity contribution in [1.29, 1.82) is 0 Å². The second-order valence-corrected chi connectivity index (χ2v) is 5.35. The molecule has 5 nitrogen and oxygen atoms in total. The Morgan fingerprint density at radius 3 is 2.86 bits per heavy atom. The Morgan fingerprint density at radius 1 is 1.27 bits per heavy atom. The third-order valence-electron chi connectivity index (χ3n) is 3.71. The molecule has 2 aromatic heterocycles. The van der Waals surface area contributed by atoms with Crippen LogP contribution in [0.5, 0.6) is 0 Å². The van der Waals surface area contributed by atoms with Crippen molar-refractivity contribution in [2.75, 3.05) is 0 Å². The van der Waals surface area contributed by atoms with Crippen molar-refractivity contribution < 1.29 is 9.18 Å². The minimum absolute atomic E-state index is 0.185. The number of fused-ring (bicyclic) bond motifs is 1. The second-order valence-electron chi connectivity index (χ2n) is 5.35. The maximum Gasteiger partial charge on any atom is 0.256 e. The molecule has 0 spiro atoms. The number of aromatic nitrogens is 3. The first-order valence-corrected chi connectivity index (χ1v) is 7.12. The molecule has 0 saturated heterocycles. The molecular weight excluding hydrogens is 283 g/mol. The summed E-state index contributed by atoms with van der Waals surface area (Å²) in [5, 5.41) is 7.12. The van der Waals surface area contributed by atoms with E-state index in [4.69, 9.17) is 0 Å². The van der Waals surface area contributed by atoms with Crippen molar-refractivity contribution >= 4 is 11.6 Å². The summed E-state index contributed by atoms with van der Waals surface area (Å²) in [6, 6.07) is 8.41. The highest BCUT2D eigenvalue weighted by Crippen LogP contribution is 2.24. The van der Waals surface area contributed by atoms with E-state index in [1.165, 1.54) is 16.8 Å². The second kappa shape index (κ2) is 4.91. The Hall–Kier alpha value is -2.76. The summed E-state index contributed by atoms with van der Waals surface area (Å²) in [7, 11) is 0. The summed E-state index contributed by atoms with van der Waals surface area (Å²) < 4.78 is 15.5. The van der Waals surface area contributed by atoms with Crippen LogP contribution >= 0.6 is 0 Å². The van der Waals surface area contributed by atoms with Gasteiger partial charge in [0.05, 0.1) is 11.9 Å². The molecule has 3 aromatic rings. The van der Waals surface area contributed by atoms with E-state index in [1.54, 1.807) is 30.5 Å². The molecule has 110 valence electrons. The third kappa shape index (κ3) is 2.13. The Balaban J connectivity index is 1.83. The Morgan fingerprint density at radius 2 is 2.09 bits per heavy atom. The summed E-state index contributed by atoms with van der Waals surface area (Å²) in [5.41, 5.74) is 1.82. The van der Waals surface area contributed by atoms with Gasteiger partial charge in [-0.2, -0.15) is 5.10 Å². The number of carbonyl (C=O) groups is 1. The molecule has 1 amide bonds. The lowest BCUT2D eigenvalue weighted by atomic mass is 10.1. The SMILES string of the molecule is O=C(NC1CC1)c1cnn2c(-c3ccccc3F)ccnc12. The van der Waals surface area contributed by atoms with E-state index in [0.717, 1.165) is 12.8 Å². The van der Waals surface area contributed by atoms with Crippen LogP contribution in [0.2, 0.25) is 0 Å². The van der Waals surface area contributed by atoms with Crippen molar-refractivity contribution in [3.63, 3.8) is 0 Å². The van der Waals surface area contributed by atoms with Gasteiger partial charge in [-0.3, -0.25) is 4.79 Å². The van der Waals surface area contributed by atoms with Gasteiger partial charge in [0.2, 0.25) is 0 Å². The smallest absolute Gasteiger partial charge is 0.256 e. The largest absolute Gasteiger partial charge is 0.349 e. The number of amides is 1. The van der Waals surface area contributed by atoms with Gasteiger partial charge < -0.3 is 5.32 Å². The van der Waals surface area contributed by atoms with Crippen LogP contribution in [0.1, 0.15) is 23.2 Å². The summed E-state index contributed by atoms with van der Waals surface area (Å²) >= 11 is 0. The highest BCUT2D eigenvalue weighted by Gasteiger charge is 2.26. The lowest BCUT2D eigenvalue weighted by Crippen LogP contribution is -2.25.